The monoisotopic (exact) mass is 317 g/mol. The second kappa shape index (κ2) is 5.94. The summed E-state index contributed by atoms with van der Waals surface area (Å²) in [6, 6.07) is 0.835. The normalized spacial score (nSPS) is 10.7. The summed E-state index contributed by atoms with van der Waals surface area (Å²) in [6.07, 6.45) is 0. The third-order valence-corrected chi connectivity index (χ3v) is 3.10. The first kappa shape index (κ1) is 16.3. The highest BCUT2D eigenvalue weighted by Crippen LogP contribution is 2.19. The van der Waals surface area contributed by atoms with Gasteiger partial charge in [0.15, 0.2) is 23.2 Å². The van der Waals surface area contributed by atoms with Crippen LogP contribution in [0.3, 0.4) is 0 Å². The fourth-order valence-corrected chi connectivity index (χ4v) is 1.86. The van der Waals surface area contributed by atoms with Crippen molar-refractivity contribution < 1.29 is 31.1 Å². The lowest BCUT2D eigenvalue weighted by Crippen LogP contribution is -2.38. The van der Waals surface area contributed by atoms with Gasteiger partial charge in [-0.25, -0.2) is 26.3 Å². The van der Waals surface area contributed by atoms with Crippen LogP contribution < -0.4 is 15.7 Å². The van der Waals surface area contributed by atoms with Gasteiger partial charge in [-0.1, -0.05) is 0 Å². The van der Waals surface area contributed by atoms with E-state index in [1.165, 1.54) is 0 Å². The topological polar surface area (TPSA) is 9.23 Å². The summed E-state index contributed by atoms with van der Waals surface area (Å²) in [5.74, 6) is -8.91. The van der Waals surface area contributed by atoms with E-state index in [0.717, 1.165) is 14.0 Å². The molecule has 0 unspecified atom stereocenters. The lowest BCUT2D eigenvalue weighted by molar-refractivity contribution is 0.379. The average Bonchev–Trinajstić information content (AvgIpc) is 2.48. The van der Waals surface area contributed by atoms with Crippen molar-refractivity contribution in [3.63, 3.8) is 0 Å². The molecule has 2 aromatic carbocycles. The maximum absolute atomic E-state index is 14.0. The van der Waals surface area contributed by atoms with E-state index in [4.69, 9.17) is 0 Å². The molecule has 0 saturated heterocycles. The third-order valence-electron chi connectivity index (χ3n) is 3.10. The van der Waals surface area contributed by atoms with Crippen LogP contribution in [0, 0.1) is 41.8 Å². The summed E-state index contributed by atoms with van der Waals surface area (Å²) < 4.78 is 86.2. The summed E-state index contributed by atoms with van der Waals surface area (Å²) in [6.45, 7) is 1.03. The van der Waals surface area contributed by atoms with Crippen LogP contribution in [-0.4, -0.2) is 14.4 Å². The fourth-order valence-electron chi connectivity index (χ4n) is 1.86. The van der Waals surface area contributed by atoms with Gasteiger partial charge in [0.2, 0.25) is 7.28 Å². The molecule has 0 atom stereocenters. The minimum atomic E-state index is -1.64. The van der Waals surface area contributed by atoms with Crippen LogP contribution >= 0.6 is 0 Å². The van der Waals surface area contributed by atoms with Crippen molar-refractivity contribution in [3.8, 4) is 5.75 Å². The van der Waals surface area contributed by atoms with Gasteiger partial charge < -0.3 is 4.74 Å². The van der Waals surface area contributed by atoms with Gasteiger partial charge in [-0.3, -0.25) is 0 Å². The highest BCUT2D eigenvalue weighted by molar-refractivity contribution is 6.67. The summed E-state index contributed by atoms with van der Waals surface area (Å²) >= 11 is 0. The number of hydrogen-bond acceptors (Lipinski definition) is 1. The Bertz CT molecular complexity index is 747. The Kier molecular flexibility index (Phi) is 4.39. The van der Waals surface area contributed by atoms with E-state index < -0.39 is 57.1 Å². The molecule has 0 aromatic heterocycles. The predicted octanol–water partition coefficient (Wildman–Crippen LogP) is 2.49. The van der Waals surface area contributed by atoms with Crippen LogP contribution in [0.4, 0.5) is 26.3 Å². The Labute approximate surface area is 122 Å². The Morgan fingerprint density at radius 1 is 0.773 bits per heavy atom. The molecule has 0 amide bonds. The molecule has 8 heteroatoms. The molecule has 0 aliphatic carbocycles. The highest BCUT2D eigenvalue weighted by atomic mass is 19.2. The molecule has 0 heterocycles. The zero-order valence-electron chi connectivity index (χ0n) is 11.4. The zero-order chi connectivity index (χ0) is 16.6. The molecule has 22 heavy (non-hydrogen) atoms. The van der Waals surface area contributed by atoms with Crippen molar-refractivity contribution in [2.75, 3.05) is 7.11 Å². The SMILES string of the molecule is COc1cc(F)c(F)c([B]c2c(F)cc(F)c(C)c2F)c1F. The smallest absolute Gasteiger partial charge is 0.207 e. The number of halogens is 6. The molecule has 2 rings (SSSR count). The Hall–Kier alpha value is -2.12. The first-order valence-corrected chi connectivity index (χ1v) is 5.98. The Morgan fingerprint density at radius 2 is 1.41 bits per heavy atom. The Balaban J connectivity index is 2.62. The molecule has 0 spiro atoms. The van der Waals surface area contributed by atoms with Crippen LogP contribution in [-0.2, 0) is 0 Å². The second-order valence-electron chi connectivity index (χ2n) is 4.44. The first-order valence-electron chi connectivity index (χ1n) is 5.98. The maximum Gasteiger partial charge on any atom is 0.207 e. The highest BCUT2D eigenvalue weighted by Gasteiger charge is 2.24. The number of methoxy groups -OCH3 is 1. The van der Waals surface area contributed by atoms with Crippen LogP contribution in [0.25, 0.3) is 0 Å². The van der Waals surface area contributed by atoms with Gasteiger partial charge in [0.25, 0.3) is 0 Å². The van der Waals surface area contributed by atoms with Crippen LogP contribution in [0.1, 0.15) is 5.56 Å². The second-order valence-corrected chi connectivity index (χ2v) is 4.44. The van der Waals surface area contributed by atoms with E-state index in [1.54, 1.807) is 0 Å². The largest absolute Gasteiger partial charge is 0.494 e. The summed E-state index contributed by atoms with van der Waals surface area (Å²) in [7, 11) is 1.44. The minimum absolute atomic E-state index is 0.372. The Morgan fingerprint density at radius 3 is 2.00 bits per heavy atom. The van der Waals surface area contributed by atoms with Gasteiger partial charge in [-0.2, -0.15) is 0 Å². The van der Waals surface area contributed by atoms with E-state index in [1.807, 2.05) is 0 Å². The quantitative estimate of drug-likeness (QED) is 0.480. The van der Waals surface area contributed by atoms with Crippen molar-refractivity contribution >= 4 is 18.2 Å². The summed E-state index contributed by atoms with van der Waals surface area (Å²) in [5, 5.41) is 0. The molecular weight excluding hydrogens is 309 g/mol. The van der Waals surface area contributed by atoms with Crippen LogP contribution in [0.15, 0.2) is 12.1 Å². The lowest BCUT2D eigenvalue weighted by Gasteiger charge is -2.11. The van der Waals surface area contributed by atoms with E-state index in [-0.39, 0.29) is 0 Å². The van der Waals surface area contributed by atoms with E-state index in [2.05, 4.69) is 4.74 Å². The molecule has 0 bridgehead atoms. The molecule has 0 N–H and O–H groups in total. The standard InChI is InChI=1S/C14H8BF6O/c1-5-6(16)3-7(17)10(12(5)19)15-11-13(20)8(18)4-9(22-2)14(11)21/h3-4H,1-2H3. The number of ether oxygens (including phenoxy) is 1. The van der Waals surface area contributed by atoms with Crippen molar-refractivity contribution in [2.24, 2.45) is 0 Å². The van der Waals surface area contributed by atoms with Gasteiger partial charge in [0, 0.05) is 17.7 Å². The van der Waals surface area contributed by atoms with Crippen molar-refractivity contribution in [2.45, 2.75) is 6.92 Å². The van der Waals surface area contributed by atoms with Gasteiger partial charge in [-0.05, 0) is 17.8 Å². The minimum Gasteiger partial charge on any atom is -0.494 e. The molecule has 0 aliphatic heterocycles. The third kappa shape index (κ3) is 2.65. The predicted molar refractivity (Wildman–Crippen MR) is 68.9 cm³/mol. The molecule has 0 fully saturated rings. The lowest BCUT2D eigenvalue weighted by atomic mass is 9.62. The van der Waals surface area contributed by atoms with Crippen LogP contribution in [0.2, 0.25) is 0 Å². The van der Waals surface area contributed by atoms with Crippen molar-refractivity contribution in [1.82, 2.24) is 0 Å². The zero-order valence-corrected chi connectivity index (χ0v) is 11.4. The summed E-state index contributed by atoms with van der Waals surface area (Å²) in [5.41, 5.74) is -2.44. The molecular formula is C14H8BF6O. The molecule has 1 radical (unpaired) electrons. The first-order chi connectivity index (χ1) is 10.3. The van der Waals surface area contributed by atoms with Crippen molar-refractivity contribution in [3.05, 3.63) is 52.6 Å². The van der Waals surface area contributed by atoms with Gasteiger partial charge in [0.05, 0.1) is 7.11 Å². The average molecular weight is 317 g/mol. The molecule has 0 saturated carbocycles. The fraction of sp³-hybridized carbons (Fsp3) is 0.143. The maximum atomic E-state index is 14.0. The molecule has 1 nitrogen and oxygen atoms in total. The van der Waals surface area contributed by atoms with Crippen molar-refractivity contribution in [1.29, 1.82) is 0 Å². The van der Waals surface area contributed by atoms with Gasteiger partial charge >= 0.3 is 0 Å². The molecule has 0 aliphatic rings. The van der Waals surface area contributed by atoms with Crippen LogP contribution in [0.5, 0.6) is 5.75 Å². The van der Waals surface area contributed by atoms with E-state index in [0.29, 0.717) is 19.4 Å². The van der Waals surface area contributed by atoms with Gasteiger partial charge in [-0.15, -0.1) is 0 Å². The van der Waals surface area contributed by atoms with E-state index in [9.17, 15) is 26.3 Å². The summed E-state index contributed by atoms with van der Waals surface area (Å²) in [4.78, 5) is 0. The number of rotatable bonds is 3. The van der Waals surface area contributed by atoms with Gasteiger partial charge in [0.1, 0.15) is 17.5 Å². The number of hydrogen-bond donors (Lipinski definition) is 0. The number of benzene rings is 2. The molecule has 115 valence electrons. The molecule has 2 aromatic rings. The van der Waals surface area contributed by atoms with E-state index >= 15 is 0 Å².